The van der Waals surface area contributed by atoms with E-state index in [2.05, 4.69) is 0 Å². The van der Waals surface area contributed by atoms with E-state index in [1.54, 1.807) is 0 Å². The maximum atomic E-state index is 13.4. The molecule has 168 valence electrons. The molecule has 0 unspecified atom stereocenters. The number of hydrogen-bond donors (Lipinski definition) is 0. The molecular formula is C28H28N2O3. The van der Waals surface area contributed by atoms with Crippen molar-refractivity contribution in [3.05, 3.63) is 106 Å². The third-order valence-electron chi connectivity index (χ3n) is 6.07. The topological polar surface area (TPSA) is 57.7 Å². The highest BCUT2D eigenvalue weighted by Crippen LogP contribution is 2.25. The van der Waals surface area contributed by atoms with Crippen molar-refractivity contribution in [2.45, 2.75) is 40.3 Å². The lowest BCUT2D eigenvalue weighted by Gasteiger charge is -2.37. The number of benzene rings is 3. The van der Waals surface area contributed by atoms with E-state index in [4.69, 9.17) is 0 Å². The Balaban J connectivity index is 1.65. The van der Waals surface area contributed by atoms with Crippen molar-refractivity contribution in [3.8, 4) is 0 Å². The fourth-order valence-electron chi connectivity index (χ4n) is 3.99. The number of rotatable bonds is 6. The molecule has 1 saturated heterocycles. The molecule has 3 aromatic rings. The number of nitrogens with zero attached hydrogens (tertiary/aromatic N) is 2. The van der Waals surface area contributed by atoms with Crippen LogP contribution in [0.2, 0.25) is 0 Å². The summed E-state index contributed by atoms with van der Waals surface area (Å²) >= 11 is 0. The smallest absolute Gasteiger partial charge is 0.273 e. The molecule has 0 bridgehead atoms. The molecular weight excluding hydrogens is 412 g/mol. The molecule has 0 aromatic heterocycles. The van der Waals surface area contributed by atoms with E-state index in [1.807, 2.05) is 93.6 Å². The number of aryl methyl sites for hydroxylation is 3. The third-order valence-corrected chi connectivity index (χ3v) is 6.07. The predicted octanol–water partition coefficient (Wildman–Crippen LogP) is 4.96. The molecule has 0 N–H and O–H groups in total. The second-order valence-electron chi connectivity index (χ2n) is 8.84. The van der Waals surface area contributed by atoms with Gasteiger partial charge in [0.15, 0.2) is 0 Å². The van der Waals surface area contributed by atoms with Gasteiger partial charge < -0.3 is 0 Å². The molecule has 4 amide bonds. The Kier molecular flexibility index (Phi) is 6.40. The lowest BCUT2D eigenvalue weighted by Crippen LogP contribution is -2.59. The third kappa shape index (κ3) is 5.03. The quantitative estimate of drug-likeness (QED) is 0.509. The van der Waals surface area contributed by atoms with Crippen molar-refractivity contribution in [2.75, 3.05) is 0 Å². The van der Waals surface area contributed by atoms with Crippen LogP contribution in [0, 0.1) is 26.7 Å². The van der Waals surface area contributed by atoms with Crippen LogP contribution in [0.15, 0.2) is 72.8 Å². The monoisotopic (exact) mass is 440 g/mol. The summed E-state index contributed by atoms with van der Waals surface area (Å²) in [6.45, 7) is 6.24. The highest BCUT2D eigenvalue weighted by Gasteiger charge is 2.45. The SMILES string of the molecule is Cc1ccc(CC2C(=O)N(Cc3ccc(C)cc3)C(=O)N(Cc3ccc(C)cc3)C2=O)cc1. The molecule has 0 spiro atoms. The van der Waals surface area contributed by atoms with Gasteiger partial charge in [-0.2, -0.15) is 0 Å². The Labute approximate surface area is 194 Å². The summed E-state index contributed by atoms with van der Waals surface area (Å²) in [5, 5.41) is 0. The molecule has 1 aliphatic rings. The first-order valence-corrected chi connectivity index (χ1v) is 11.1. The van der Waals surface area contributed by atoms with Crippen molar-refractivity contribution >= 4 is 17.8 Å². The van der Waals surface area contributed by atoms with Gasteiger partial charge in [0, 0.05) is 0 Å². The molecule has 1 heterocycles. The van der Waals surface area contributed by atoms with E-state index >= 15 is 0 Å². The zero-order valence-corrected chi connectivity index (χ0v) is 19.2. The predicted molar refractivity (Wildman–Crippen MR) is 127 cm³/mol. The first kappa shape index (κ1) is 22.5. The molecule has 4 rings (SSSR count). The first-order valence-electron chi connectivity index (χ1n) is 11.1. The molecule has 5 nitrogen and oxygen atoms in total. The summed E-state index contributed by atoms with van der Waals surface area (Å²) in [5.41, 5.74) is 5.90. The van der Waals surface area contributed by atoms with E-state index in [0.29, 0.717) is 0 Å². The van der Waals surface area contributed by atoms with E-state index in [1.165, 1.54) is 9.80 Å². The van der Waals surface area contributed by atoms with Crippen molar-refractivity contribution in [1.82, 2.24) is 9.80 Å². The molecule has 0 atom stereocenters. The van der Waals surface area contributed by atoms with Crippen molar-refractivity contribution < 1.29 is 14.4 Å². The zero-order chi connectivity index (χ0) is 23.5. The normalized spacial score (nSPS) is 14.8. The summed E-state index contributed by atoms with van der Waals surface area (Å²) in [7, 11) is 0. The summed E-state index contributed by atoms with van der Waals surface area (Å²) in [6.07, 6.45) is 0.264. The number of imide groups is 2. The maximum Gasteiger partial charge on any atom is 0.334 e. The summed E-state index contributed by atoms with van der Waals surface area (Å²) in [4.78, 5) is 42.6. The molecule has 1 aliphatic heterocycles. The molecule has 0 aliphatic carbocycles. The van der Waals surface area contributed by atoms with E-state index in [9.17, 15) is 14.4 Å². The Bertz CT molecular complexity index is 996. The van der Waals surface area contributed by atoms with Crippen LogP contribution < -0.4 is 0 Å². The Morgan fingerprint density at radius 2 is 0.879 bits per heavy atom. The van der Waals surface area contributed by atoms with Crippen LogP contribution in [-0.4, -0.2) is 27.6 Å². The fraction of sp³-hybridized carbons (Fsp3) is 0.250. The second kappa shape index (κ2) is 9.41. The van der Waals surface area contributed by atoms with Gasteiger partial charge in [-0.25, -0.2) is 4.79 Å². The molecule has 5 heteroatoms. The van der Waals surface area contributed by atoms with Crippen LogP contribution in [0.5, 0.6) is 0 Å². The van der Waals surface area contributed by atoms with Crippen LogP contribution >= 0.6 is 0 Å². The minimum atomic E-state index is -0.929. The Morgan fingerprint density at radius 3 is 1.24 bits per heavy atom. The molecule has 3 aromatic carbocycles. The summed E-state index contributed by atoms with van der Waals surface area (Å²) in [5.74, 6) is -1.81. The van der Waals surface area contributed by atoms with Gasteiger partial charge >= 0.3 is 6.03 Å². The minimum absolute atomic E-state index is 0.139. The minimum Gasteiger partial charge on any atom is -0.273 e. The lowest BCUT2D eigenvalue weighted by molar-refractivity contribution is -0.150. The van der Waals surface area contributed by atoms with Gasteiger partial charge in [-0.05, 0) is 43.9 Å². The Hall–Kier alpha value is -3.73. The number of amides is 4. The molecule has 0 saturated carbocycles. The lowest BCUT2D eigenvalue weighted by atomic mass is 9.93. The van der Waals surface area contributed by atoms with Gasteiger partial charge in [0.1, 0.15) is 5.92 Å². The average molecular weight is 441 g/mol. The van der Waals surface area contributed by atoms with Crippen LogP contribution in [0.1, 0.15) is 33.4 Å². The number of hydrogen-bond acceptors (Lipinski definition) is 3. The highest BCUT2D eigenvalue weighted by molar-refractivity contribution is 6.16. The van der Waals surface area contributed by atoms with Crippen molar-refractivity contribution in [2.24, 2.45) is 5.92 Å². The van der Waals surface area contributed by atoms with Gasteiger partial charge in [-0.3, -0.25) is 19.4 Å². The summed E-state index contributed by atoms with van der Waals surface area (Å²) in [6, 6.07) is 22.7. The molecule has 33 heavy (non-hydrogen) atoms. The summed E-state index contributed by atoms with van der Waals surface area (Å²) < 4.78 is 0. The van der Waals surface area contributed by atoms with E-state index in [-0.39, 0.29) is 19.5 Å². The van der Waals surface area contributed by atoms with Gasteiger partial charge in [0.25, 0.3) is 0 Å². The van der Waals surface area contributed by atoms with Crippen molar-refractivity contribution in [3.63, 3.8) is 0 Å². The van der Waals surface area contributed by atoms with E-state index < -0.39 is 23.8 Å². The van der Waals surface area contributed by atoms with E-state index in [0.717, 1.165) is 33.4 Å². The van der Waals surface area contributed by atoms with Gasteiger partial charge in [0.05, 0.1) is 13.1 Å². The number of barbiturate groups is 1. The van der Waals surface area contributed by atoms with Crippen LogP contribution in [0.3, 0.4) is 0 Å². The zero-order valence-electron chi connectivity index (χ0n) is 19.2. The Morgan fingerprint density at radius 1 is 0.545 bits per heavy atom. The first-order chi connectivity index (χ1) is 15.8. The van der Waals surface area contributed by atoms with Crippen LogP contribution in [0.25, 0.3) is 0 Å². The standard InChI is InChI=1S/C28H28N2O3/c1-19-4-10-22(11-5-19)16-25-26(31)29(17-23-12-6-20(2)7-13-23)28(33)30(27(25)32)18-24-14-8-21(3)9-15-24/h4-15,25H,16-18H2,1-3H3. The van der Waals surface area contributed by atoms with Gasteiger partial charge in [-0.1, -0.05) is 89.5 Å². The number of urea groups is 1. The fourth-order valence-corrected chi connectivity index (χ4v) is 3.99. The van der Waals surface area contributed by atoms with Crippen LogP contribution in [0.4, 0.5) is 4.79 Å². The molecule has 0 radical (unpaired) electrons. The largest absolute Gasteiger partial charge is 0.334 e. The number of carbonyl (C=O) groups is 3. The maximum absolute atomic E-state index is 13.4. The second-order valence-corrected chi connectivity index (χ2v) is 8.84. The molecule has 1 fully saturated rings. The highest BCUT2D eigenvalue weighted by atomic mass is 16.2. The van der Waals surface area contributed by atoms with Crippen LogP contribution in [-0.2, 0) is 29.1 Å². The van der Waals surface area contributed by atoms with Gasteiger partial charge in [-0.15, -0.1) is 0 Å². The van der Waals surface area contributed by atoms with Gasteiger partial charge in [0.2, 0.25) is 11.8 Å². The van der Waals surface area contributed by atoms with Crippen molar-refractivity contribution in [1.29, 1.82) is 0 Å². The number of carbonyl (C=O) groups excluding carboxylic acids is 3. The average Bonchev–Trinajstić information content (AvgIpc) is 2.81.